The lowest BCUT2D eigenvalue weighted by atomic mass is 9.85. The van der Waals surface area contributed by atoms with Crippen molar-refractivity contribution >= 4 is 16.9 Å². The van der Waals surface area contributed by atoms with Crippen molar-refractivity contribution in [3.8, 4) is 22.6 Å². The lowest BCUT2D eigenvalue weighted by molar-refractivity contribution is 0.139. The van der Waals surface area contributed by atoms with Crippen LogP contribution in [-0.2, 0) is 0 Å². The van der Waals surface area contributed by atoms with Crippen molar-refractivity contribution in [1.29, 1.82) is 0 Å². The molecule has 0 spiro atoms. The number of aliphatic hydroxyl groups excluding tert-OH is 2. The molecule has 0 amide bonds. The highest BCUT2D eigenvalue weighted by atomic mass is 16.5. The lowest BCUT2D eigenvalue weighted by Crippen LogP contribution is -2.12. The number of hydrogen-bond acceptors (Lipinski definition) is 8. The molecule has 8 heteroatoms. The van der Waals surface area contributed by atoms with Gasteiger partial charge >= 0.3 is 0 Å². The second kappa shape index (κ2) is 10.8. The van der Waals surface area contributed by atoms with Crippen molar-refractivity contribution in [3.05, 3.63) is 84.4 Å². The molecule has 194 valence electrons. The molecule has 38 heavy (non-hydrogen) atoms. The first kappa shape index (κ1) is 24.3. The van der Waals surface area contributed by atoms with E-state index in [1.54, 1.807) is 18.3 Å². The minimum Gasteiger partial charge on any atom is -0.465 e. The van der Waals surface area contributed by atoms with E-state index in [-0.39, 0.29) is 12.1 Å². The third kappa shape index (κ3) is 5.18. The number of benzene rings is 2. The zero-order chi connectivity index (χ0) is 25.9. The van der Waals surface area contributed by atoms with Crippen molar-refractivity contribution in [2.75, 3.05) is 5.32 Å². The van der Waals surface area contributed by atoms with Gasteiger partial charge in [-0.1, -0.05) is 48.3 Å². The van der Waals surface area contributed by atoms with Gasteiger partial charge in [-0.25, -0.2) is 9.97 Å². The molecule has 1 saturated carbocycles. The van der Waals surface area contributed by atoms with E-state index in [0.717, 1.165) is 66.3 Å². The molecule has 2 aromatic carbocycles. The topological polar surface area (TPSA) is 117 Å². The number of nitrogens with one attached hydrogen (secondary N) is 1. The van der Waals surface area contributed by atoms with E-state index in [1.165, 1.54) is 11.8 Å². The quantitative estimate of drug-likeness (QED) is 0.223. The molecule has 8 nitrogen and oxygen atoms in total. The lowest BCUT2D eigenvalue weighted by Gasteiger charge is -2.22. The van der Waals surface area contributed by atoms with Crippen LogP contribution < -0.4 is 5.32 Å². The molecule has 3 N–H and O–H groups in total. The molecule has 0 saturated heterocycles. The van der Waals surface area contributed by atoms with Crippen LogP contribution in [0.3, 0.4) is 0 Å². The molecule has 1 unspecified atom stereocenters. The fourth-order valence-corrected chi connectivity index (χ4v) is 5.27. The fourth-order valence-electron chi connectivity index (χ4n) is 5.27. The van der Waals surface area contributed by atoms with Gasteiger partial charge in [-0.2, -0.15) is 0 Å². The minimum absolute atomic E-state index is 0.138. The van der Waals surface area contributed by atoms with Crippen LogP contribution in [0.2, 0.25) is 0 Å². The van der Waals surface area contributed by atoms with E-state index in [9.17, 15) is 10.2 Å². The van der Waals surface area contributed by atoms with Crippen LogP contribution in [0.25, 0.3) is 33.5 Å². The number of hydrogen-bond donors (Lipinski definition) is 3. The highest BCUT2D eigenvalue weighted by molar-refractivity contribution is 5.94. The van der Waals surface area contributed by atoms with E-state index in [2.05, 4.69) is 44.7 Å². The van der Waals surface area contributed by atoms with E-state index in [4.69, 9.17) is 8.94 Å². The number of fused-ring (bicyclic) bond motifs is 1. The van der Waals surface area contributed by atoms with Gasteiger partial charge < -0.3 is 24.5 Å². The smallest absolute Gasteiger partial charge is 0.225 e. The summed E-state index contributed by atoms with van der Waals surface area (Å²) in [5.74, 6) is 1.92. The highest BCUT2D eigenvalue weighted by Gasteiger charge is 2.18. The second-order valence-electron chi connectivity index (χ2n) is 9.91. The zero-order valence-corrected chi connectivity index (χ0v) is 21.0. The summed E-state index contributed by atoms with van der Waals surface area (Å²) >= 11 is 0. The summed E-state index contributed by atoms with van der Waals surface area (Å²) in [6, 6.07) is 19.7. The highest BCUT2D eigenvalue weighted by Crippen LogP contribution is 2.35. The van der Waals surface area contributed by atoms with E-state index in [0.29, 0.717) is 17.4 Å². The first-order valence-electron chi connectivity index (χ1n) is 13.1. The van der Waals surface area contributed by atoms with Crippen LogP contribution in [0.5, 0.6) is 0 Å². The second-order valence-corrected chi connectivity index (χ2v) is 9.91. The van der Waals surface area contributed by atoms with Crippen molar-refractivity contribution in [2.45, 2.75) is 56.8 Å². The predicted octanol–water partition coefficient (Wildman–Crippen LogP) is 6.45. The first-order chi connectivity index (χ1) is 18.6. The number of furan rings is 1. The van der Waals surface area contributed by atoms with Gasteiger partial charge in [0.15, 0.2) is 17.7 Å². The average Bonchev–Trinajstić information content (AvgIpc) is 3.61. The standard InChI is InChI=1S/C30H30N4O4/c35-23-6-1-4-19(5-2-7-23)20-9-11-21(12-10-20)28-24-18-22(13-14-26(24)34-38-28)25-15-16-31-30(32-25)33-29(36)27-8-3-17-37-27/h3,8-19,23,29,35-36H,1-2,4-7H2,(H,31,32,33). The van der Waals surface area contributed by atoms with Crippen molar-refractivity contribution in [1.82, 2.24) is 15.1 Å². The van der Waals surface area contributed by atoms with Gasteiger partial charge in [-0.05, 0) is 67.5 Å². The molecular formula is C30H30N4O4. The van der Waals surface area contributed by atoms with Crippen LogP contribution in [-0.4, -0.2) is 31.4 Å². The molecule has 5 aromatic rings. The molecule has 0 aliphatic heterocycles. The normalized spacial score (nSPS) is 19.1. The summed E-state index contributed by atoms with van der Waals surface area (Å²) in [4.78, 5) is 8.80. The minimum atomic E-state index is -1.05. The predicted molar refractivity (Wildman–Crippen MR) is 144 cm³/mol. The Labute approximate surface area is 220 Å². The van der Waals surface area contributed by atoms with Gasteiger partial charge in [0.25, 0.3) is 0 Å². The van der Waals surface area contributed by atoms with E-state index in [1.807, 2.05) is 24.3 Å². The molecule has 0 bridgehead atoms. The number of anilines is 1. The number of aliphatic hydroxyl groups is 2. The van der Waals surface area contributed by atoms with Crippen LogP contribution in [0.4, 0.5) is 5.95 Å². The third-order valence-corrected chi connectivity index (χ3v) is 7.33. The summed E-state index contributed by atoms with van der Waals surface area (Å²) in [5, 5.41) is 28.3. The molecule has 1 aliphatic rings. The molecule has 3 aromatic heterocycles. The van der Waals surface area contributed by atoms with Gasteiger partial charge in [0, 0.05) is 17.3 Å². The van der Waals surface area contributed by atoms with Crippen LogP contribution in [0, 0.1) is 0 Å². The summed E-state index contributed by atoms with van der Waals surface area (Å²) in [6.45, 7) is 0. The van der Waals surface area contributed by atoms with Gasteiger partial charge in [-0.3, -0.25) is 0 Å². The summed E-state index contributed by atoms with van der Waals surface area (Å²) in [7, 11) is 0. The van der Waals surface area contributed by atoms with Gasteiger partial charge in [0.1, 0.15) is 5.52 Å². The maximum Gasteiger partial charge on any atom is 0.225 e. The molecule has 1 aliphatic carbocycles. The first-order valence-corrected chi connectivity index (χ1v) is 13.1. The number of nitrogens with zero attached hydrogens (tertiary/aromatic N) is 3. The Hall–Kier alpha value is -4.01. The third-order valence-electron chi connectivity index (χ3n) is 7.33. The average molecular weight is 511 g/mol. The van der Waals surface area contributed by atoms with Gasteiger partial charge in [-0.15, -0.1) is 0 Å². The Morgan fingerprint density at radius 1 is 0.921 bits per heavy atom. The Kier molecular flexibility index (Phi) is 6.90. The summed E-state index contributed by atoms with van der Waals surface area (Å²) < 4.78 is 11.0. The Morgan fingerprint density at radius 3 is 2.47 bits per heavy atom. The van der Waals surface area contributed by atoms with Crippen LogP contribution >= 0.6 is 0 Å². The molecule has 1 fully saturated rings. The largest absolute Gasteiger partial charge is 0.465 e. The van der Waals surface area contributed by atoms with Crippen molar-refractivity contribution in [2.24, 2.45) is 0 Å². The molecule has 1 atom stereocenters. The van der Waals surface area contributed by atoms with E-state index >= 15 is 0 Å². The van der Waals surface area contributed by atoms with Crippen LogP contribution in [0.1, 0.15) is 62.0 Å². The van der Waals surface area contributed by atoms with Gasteiger partial charge in [0.05, 0.1) is 23.4 Å². The van der Waals surface area contributed by atoms with Crippen molar-refractivity contribution < 1.29 is 19.2 Å². The Morgan fingerprint density at radius 2 is 1.71 bits per heavy atom. The molecule has 3 heterocycles. The zero-order valence-electron chi connectivity index (χ0n) is 21.0. The van der Waals surface area contributed by atoms with Crippen LogP contribution in [0.15, 0.2) is 82.1 Å². The molecule has 0 radical (unpaired) electrons. The fraction of sp³-hybridized carbons (Fsp3) is 0.300. The molecule has 6 rings (SSSR count). The molecular weight excluding hydrogens is 480 g/mol. The maximum atomic E-state index is 10.3. The van der Waals surface area contributed by atoms with Gasteiger partial charge in [0.2, 0.25) is 5.95 Å². The Bertz CT molecular complexity index is 1490. The van der Waals surface area contributed by atoms with E-state index < -0.39 is 6.23 Å². The monoisotopic (exact) mass is 510 g/mol. The number of aromatic nitrogens is 3. The SMILES string of the molecule is OC1CCCC(c2ccc(-c3onc4ccc(-c5ccnc(NC(O)c6ccco6)n5)cc34)cc2)CCC1. The maximum absolute atomic E-state index is 10.3. The summed E-state index contributed by atoms with van der Waals surface area (Å²) in [6.07, 6.45) is 8.10. The number of rotatable bonds is 6. The Balaban J connectivity index is 1.24. The summed E-state index contributed by atoms with van der Waals surface area (Å²) in [5.41, 5.74) is 4.67. The van der Waals surface area contributed by atoms with Crippen molar-refractivity contribution in [3.63, 3.8) is 0 Å².